The molecule has 2 aliphatic rings. The molecule has 0 spiro atoms. The van der Waals surface area contributed by atoms with Gasteiger partial charge in [-0.1, -0.05) is 29.8 Å². The van der Waals surface area contributed by atoms with Crippen LogP contribution in [0.5, 0.6) is 0 Å². The summed E-state index contributed by atoms with van der Waals surface area (Å²) >= 11 is 6.19. The van der Waals surface area contributed by atoms with Crippen LogP contribution in [0.25, 0.3) is 0 Å². The molecule has 0 bridgehead atoms. The highest BCUT2D eigenvalue weighted by molar-refractivity contribution is 6.31. The third-order valence-electron chi connectivity index (χ3n) is 4.50. The van der Waals surface area contributed by atoms with E-state index in [-0.39, 0.29) is 5.78 Å². The van der Waals surface area contributed by atoms with E-state index in [1.54, 1.807) is 0 Å². The first-order valence-electron chi connectivity index (χ1n) is 6.68. The van der Waals surface area contributed by atoms with Crippen molar-refractivity contribution in [3.63, 3.8) is 0 Å². The first-order chi connectivity index (χ1) is 8.61. The lowest BCUT2D eigenvalue weighted by Crippen LogP contribution is -2.49. The highest BCUT2D eigenvalue weighted by atomic mass is 35.5. The van der Waals surface area contributed by atoms with Crippen molar-refractivity contribution in [1.82, 2.24) is 0 Å². The van der Waals surface area contributed by atoms with E-state index >= 15 is 0 Å². The third-order valence-corrected chi connectivity index (χ3v) is 4.83. The molecule has 2 N–H and O–H groups in total. The van der Waals surface area contributed by atoms with Crippen LogP contribution in [0, 0.1) is 11.8 Å². The number of benzene rings is 1. The first-order valence-corrected chi connectivity index (χ1v) is 7.06. The van der Waals surface area contributed by atoms with Crippen molar-refractivity contribution in [2.45, 2.75) is 37.6 Å². The fourth-order valence-electron chi connectivity index (χ4n) is 3.15. The van der Waals surface area contributed by atoms with Crippen LogP contribution < -0.4 is 5.73 Å². The molecule has 1 aromatic carbocycles. The predicted molar refractivity (Wildman–Crippen MR) is 72.4 cm³/mol. The van der Waals surface area contributed by atoms with Crippen LogP contribution >= 0.6 is 11.6 Å². The lowest BCUT2D eigenvalue weighted by atomic mass is 9.71. The third kappa shape index (κ3) is 1.98. The average molecular weight is 264 g/mol. The van der Waals surface area contributed by atoms with Gasteiger partial charge in [0.15, 0.2) is 5.78 Å². The van der Waals surface area contributed by atoms with Gasteiger partial charge in [-0.3, -0.25) is 4.79 Å². The summed E-state index contributed by atoms with van der Waals surface area (Å²) in [6, 6.07) is 7.47. The van der Waals surface area contributed by atoms with E-state index in [9.17, 15) is 4.79 Å². The Balaban J connectivity index is 1.87. The molecule has 2 nitrogen and oxygen atoms in total. The second-order valence-corrected chi connectivity index (χ2v) is 6.12. The Kier molecular flexibility index (Phi) is 2.95. The van der Waals surface area contributed by atoms with Gasteiger partial charge in [-0.05, 0) is 49.1 Å². The zero-order chi connectivity index (χ0) is 12.8. The molecule has 1 unspecified atom stereocenters. The normalized spacial score (nSPS) is 32.6. The van der Waals surface area contributed by atoms with E-state index in [1.807, 2.05) is 24.3 Å². The Labute approximate surface area is 113 Å². The largest absolute Gasteiger partial charge is 0.315 e. The van der Waals surface area contributed by atoms with Gasteiger partial charge in [-0.15, -0.1) is 0 Å². The number of carbonyl (C=O) groups excluding carboxylic acids is 1. The summed E-state index contributed by atoms with van der Waals surface area (Å²) in [5.74, 6) is 1.51. The minimum absolute atomic E-state index is 0.166. The molecule has 1 aromatic rings. The van der Waals surface area contributed by atoms with Gasteiger partial charge >= 0.3 is 0 Å². The summed E-state index contributed by atoms with van der Waals surface area (Å²) in [5.41, 5.74) is 6.31. The van der Waals surface area contributed by atoms with E-state index in [0.717, 1.165) is 24.3 Å². The number of hydrogen-bond donors (Lipinski definition) is 1. The second-order valence-electron chi connectivity index (χ2n) is 5.71. The summed E-state index contributed by atoms with van der Waals surface area (Å²) in [6.07, 6.45) is 5.00. The smallest absolute Gasteiger partial charge is 0.157 e. The Bertz CT molecular complexity index is 483. The van der Waals surface area contributed by atoms with E-state index in [1.165, 1.54) is 12.8 Å². The minimum Gasteiger partial charge on any atom is -0.315 e. The summed E-state index contributed by atoms with van der Waals surface area (Å²) in [4.78, 5) is 12.4. The van der Waals surface area contributed by atoms with Crippen molar-refractivity contribution in [3.8, 4) is 0 Å². The van der Waals surface area contributed by atoms with Crippen molar-refractivity contribution in [2.75, 3.05) is 0 Å². The summed E-state index contributed by atoms with van der Waals surface area (Å²) in [6.45, 7) is 0. The molecular formula is C15H18ClNO. The number of ketones is 1. The van der Waals surface area contributed by atoms with Crippen LogP contribution in [0.3, 0.4) is 0 Å². The van der Waals surface area contributed by atoms with Crippen molar-refractivity contribution in [3.05, 3.63) is 34.9 Å². The zero-order valence-electron chi connectivity index (χ0n) is 10.4. The highest BCUT2D eigenvalue weighted by Crippen LogP contribution is 2.47. The molecule has 3 heteroatoms. The van der Waals surface area contributed by atoms with Crippen LogP contribution in [0.4, 0.5) is 0 Å². The van der Waals surface area contributed by atoms with Crippen molar-refractivity contribution < 1.29 is 4.79 Å². The number of Topliss-reactive ketones (excluding diaryl/α,β-unsaturated/α-hetero) is 1. The molecule has 0 amide bonds. The van der Waals surface area contributed by atoms with Gasteiger partial charge in [-0.25, -0.2) is 0 Å². The van der Waals surface area contributed by atoms with Gasteiger partial charge in [0.1, 0.15) is 5.54 Å². The number of halogens is 1. The molecule has 0 aromatic heterocycles. The van der Waals surface area contributed by atoms with Crippen LogP contribution in [0.1, 0.15) is 37.7 Å². The van der Waals surface area contributed by atoms with Gasteiger partial charge < -0.3 is 5.73 Å². The summed E-state index contributed by atoms with van der Waals surface area (Å²) in [7, 11) is 0. The SMILES string of the molecule is N[C@]1(c2ccccc2Cl)CCC(C2CC2)CC1=O. The molecule has 0 radical (unpaired) electrons. The van der Waals surface area contributed by atoms with Crippen LogP contribution in [-0.2, 0) is 10.3 Å². The van der Waals surface area contributed by atoms with Crippen molar-refractivity contribution in [2.24, 2.45) is 17.6 Å². The molecule has 2 atom stereocenters. The quantitative estimate of drug-likeness (QED) is 0.890. The van der Waals surface area contributed by atoms with Crippen LogP contribution in [0.15, 0.2) is 24.3 Å². The average Bonchev–Trinajstić information content (AvgIpc) is 3.17. The van der Waals surface area contributed by atoms with Crippen LogP contribution in [0.2, 0.25) is 5.02 Å². The Morgan fingerprint density at radius 2 is 1.89 bits per heavy atom. The van der Waals surface area contributed by atoms with Crippen molar-refractivity contribution >= 4 is 17.4 Å². The topological polar surface area (TPSA) is 43.1 Å². The predicted octanol–water partition coefficient (Wildman–Crippen LogP) is 3.27. The maximum absolute atomic E-state index is 12.4. The molecule has 0 heterocycles. The molecule has 0 saturated heterocycles. The molecule has 2 aliphatic carbocycles. The monoisotopic (exact) mass is 263 g/mol. The van der Waals surface area contributed by atoms with E-state index in [4.69, 9.17) is 17.3 Å². The number of carbonyl (C=O) groups is 1. The Morgan fingerprint density at radius 3 is 2.50 bits per heavy atom. The van der Waals surface area contributed by atoms with Gasteiger partial charge in [-0.2, -0.15) is 0 Å². The zero-order valence-corrected chi connectivity index (χ0v) is 11.1. The molecule has 3 rings (SSSR count). The molecule has 18 heavy (non-hydrogen) atoms. The van der Waals surface area contributed by atoms with Gasteiger partial charge in [0.2, 0.25) is 0 Å². The fraction of sp³-hybridized carbons (Fsp3) is 0.533. The van der Waals surface area contributed by atoms with Crippen LogP contribution in [-0.4, -0.2) is 5.78 Å². The molecule has 0 aliphatic heterocycles. The number of rotatable bonds is 2. The maximum atomic E-state index is 12.4. The molecular weight excluding hydrogens is 246 g/mol. The van der Waals surface area contributed by atoms with E-state index in [0.29, 0.717) is 17.4 Å². The Hall–Kier alpha value is -0.860. The second kappa shape index (κ2) is 4.36. The van der Waals surface area contributed by atoms with Gasteiger partial charge in [0, 0.05) is 11.4 Å². The Morgan fingerprint density at radius 1 is 1.17 bits per heavy atom. The summed E-state index contributed by atoms with van der Waals surface area (Å²) < 4.78 is 0. The summed E-state index contributed by atoms with van der Waals surface area (Å²) in [5, 5.41) is 0.609. The maximum Gasteiger partial charge on any atom is 0.157 e. The number of nitrogens with two attached hydrogens (primary N) is 1. The van der Waals surface area contributed by atoms with Gasteiger partial charge in [0.05, 0.1) is 0 Å². The highest BCUT2D eigenvalue weighted by Gasteiger charge is 2.45. The fourth-order valence-corrected chi connectivity index (χ4v) is 3.46. The van der Waals surface area contributed by atoms with Gasteiger partial charge in [0.25, 0.3) is 0 Å². The standard InChI is InChI=1S/C15H18ClNO/c16-13-4-2-1-3-12(13)15(17)8-7-11(9-14(15)18)10-5-6-10/h1-4,10-11H,5-9,17H2/t11?,15-/m0/s1. The first kappa shape index (κ1) is 12.2. The molecule has 2 saturated carbocycles. The van der Waals surface area contributed by atoms with Crippen molar-refractivity contribution in [1.29, 1.82) is 0 Å². The minimum atomic E-state index is -0.857. The van der Waals surface area contributed by atoms with E-state index < -0.39 is 5.54 Å². The molecule has 2 fully saturated rings. The van der Waals surface area contributed by atoms with E-state index in [2.05, 4.69) is 0 Å². The lowest BCUT2D eigenvalue weighted by molar-refractivity contribution is -0.128. The molecule has 96 valence electrons. The lowest BCUT2D eigenvalue weighted by Gasteiger charge is -2.36. The number of hydrogen-bond acceptors (Lipinski definition) is 2.